The summed E-state index contributed by atoms with van der Waals surface area (Å²) in [5.74, 6) is -3.93. The number of nitrogens with one attached hydrogen (secondary N) is 1. The number of carbonyl (C=O) groups is 2. The average molecular weight is 497 g/mol. The molecule has 1 aliphatic heterocycles. The van der Waals surface area contributed by atoms with Crippen molar-refractivity contribution in [3.8, 4) is 0 Å². The standard InChI is InChI=1S/C20H22F6N4O4/c1-18(2,3)15(19(21,22)23)28-14(31)13-12-6-4-5-7-29(12)17(27-13)30(8-10-33-11-9-30)34-16(32)20(24,25)26/h4-7,15H,8-11H2,1-3H3/p+1. The molecule has 1 unspecified atom stereocenters. The number of halogens is 6. The van der Waals surface area contributed by atoms with Crippen molar-refractivity contribution in [2.75, 3.05) is 26.3 Å². The Morgan fingerprint density at radius 3 is 2.26 bits per heavy atom. The molecule has 188 valence electrons. The van der Waals surface area contributed by atoms with Crippen molar-refractivity contribution in [2.45, 2.75) is 39.2 Å². The van der Waals surface area contributed by atoms with Gasteiger partial charge in [0.1, 0.15) is 19.3 Å². The largest absolute Gasteiger partial charge is 0.497 e. The van der Waals surface area contributed by atoms with Crippen LogP contribution in [0.3, 0.4) is 0 Å². The third-order valence-electron chi connectivity index (χ3n) is 5.26. The van der Waals surface area contributed by atoms with Gasteiger partial charge in [-0.2, -0.15) is 31.3 Å². The van der Waals surface area contributed by atoms with Crippen LogP contribution in [0.4, 0.5) is 32.3 Å². The number of ether oxygens (including phenoxy) is 1. The highest BCUT2D eigenvalue weighted by Gasteiger charge is 2.52. The third kappa shape index (κ3) is 5.12. The number of aromatic nitrogens is 2. The number of quaternary nitrogens is 1. The van der Waals surface area contributed by atoms with E-state index >= 15 is 0 Å². The zero-order valence-electron chi connectivity index (χ0n) is 18.5. The summed E-state index contributed by atoms with van der Waals surface area (Å²) in [5.41, 5.74) is -1.83. The van der Waals surface area contributed by atoms with Crippen molar-refractivity contribution < 1.29 is 45.5 Å². The summed E-state index contributed by atoms with van der Waals surface area (Å²) in [6, 6.07) is 2.10. The fourth-order valence-electron chi connectivity index (χ4n) is 3.65. The summed E-state index contributed by atoms with van der Waals surface area (Å²) in [6.45, 7) is 3.20. The molecule has 1 atom stereocenters. The zero-order chi connectivity index (χ0) is 25.5. The minimum absolute atomic E-state index is 0.0249. The van der Waals surface area contributed by atoms with Gasteiger partial charge >= 0.3 is 24.3 Å². The molecule has 8 nitrogen and oxygen atoms in total. The second-order valence-corrected chi connectivity index (χ2v) is 8.86. The number of rotatable bonds is 4. The molecule has 34 heavy (non-hydrogen) atoms. The predicted octanol–water partition coefficient (Wildman–Crippen LogP) is 3.40. The lowest BCUT2D eigenvalue weighted by Crippen LogP contribution is -2.59. The molecule has 0 radical (unpaired) electrons. The van der Waals surface area contributed by atoms with Gasteiger partial charge in [0, 0.05) is 6.20 Å². The van der Waals surface area contributed by atoms with Crippen LogP contribution in [0.1, 0.15) is 31.3 Å². The van der Waals surface area contributed by atoms with Gasteiger partial charge in [-0.25, -0.2) is 4.79 Å². The molecular formula is C20H23F6N4O4+. The first kappa shape index (κ1) is 25.7. The van der Waals surface area contributed by atoms with Gasteiger partial charge in [0.05, 0.1) is 5.52 Å². The Kier molecular flexibility index (Phi) is 6.61. The number of hydrogen-bond donors (Lipinski definition) is 1. The first-order chi connectivity index (χ1) is 15.6. The summed E-state index contributed by atoms with van der Waals surface area (Å²) in [5, 5.41) is 1.94. The first-order valence-corrected chi connectivity index (χ1v) is 10.2. The van der Waals surface area contributed by atoms with Crippen molar-refractivity contribution in [1.29, 1.82) is 0 Å². The number of nitrogens with zero attached hydrogens (tertiary/aromatic N) is 3. The number of fused-ring (bicyclic) bond motifs is 1. The Hall–Kier alpha value is -2.87. The van der Waals surface area contributed by atoms with Crippen molar-refractivity contribution in [2.24, 2.45) is 5.41 Å². The number of pyridine rings is 1. The van der Waals surface area contributed by atoms with Gasteiger partial charge in [0.2, 0.25) is 0 Å². The normalized spacial score (nSPS) is 17.9. The van der Waals surface area contributed by atoms with Crippen molar-refractivity contribution in [3.05, 3.63) is 30.1 Å². The van der Waals surface area contributed by atoms with E-state index in [-0.39, 0.29) is 37.8 Å². The second-order valence-electron chi connectivity index (χ2n) is 8.86. The van der Waals surface area contributed by atoms with Gasteiger partial charge in [-0.3, -0.25) is 14.0 Å². The number of hydrogen-bond acceptors (Lipinski definition) is 5. The quantitative estimate of drug-likeness (QED) is 0.518. The van der Waals surface area contributed by atoms with Crippen LogP contribution in [-0.4, -0.2) is 66.0 Å². The van der Waals surface area contributed by atoms with Crippen LogP contribution < -0.4 is 9.96 Å². The Morgan fingerprint density at radius 2 is 1.74 bits per heavy atom. The summed E-state index contributed by atoms with van der Waals surface area (Å²) < 4.78 is 85.1. The van der Waals surface area contributed by atoms with Gasteiger partial charge in [-0.1, -0.05) is 31.5 Å². The number of morpholine rings is 1. The predicted molar refractivity (Wildman–Crippen MR) is 106 cm³/mol. The van der Waals surface area contributed by atoms with E-state index in [0.29, 0.717) is 0 Å². The fourth-order valence-corrected chi connectivity index (χ4v) is 3.65. The van der Waals surface area contributed by atoms with Crippen LogP contribution in [0, 0.1) is 5.41 Å². The summed E-state index contributed by atoms with van der Waals surface area (Å²) in [6.07, 6.45) is -8.72. The average Bonchev–Trinajstić information content (AvgIpc) is 3.10. The van der Waals surface area contributed by atoms with Gasteiger partial charge in [0.15, 0.2) is 18.8 Å². The van der Waals surface area contributed by atoms with Gasteiger partial charge < -0.3 is 10.1 Å². The number of alkyl halides is 6. The van der Waals surface area contributed by atoms with Crippen LogP contribution in [-0.2, 0) is 14.4 Å². The van der Waals surface area contributed by atoms with Crippen molar-refractivity contribution >= 4 is 23.3 Å². The molecule has 3 rings (SSSR count). The van der Waals surface area contributed by atoms with Gasteiger partial charge in [-0.05, 0) is 17.5 Å². The van der Waals surface area contributed by atoms with E-state index in [1.165, 1.54) is 49.6 Å². The summed E-state index contributed by atoms with van der Waals surface area (Å²) >= 11 is 0. The molecule has 0 saturated carbocycles. The van der Waals surface area contributed by atoms with Crippen LogP contribution in [0.25, 0.3) is 5.52 Å². The molecule has 1 fully saturated rings. The van der Waals surface area contributed by atoms with E-state index in [9.17, 15) is 35.9 Å². The zero-order valence-corrected chi connectivity index (χ0v) is 18.5. The topological polar surface area (TPSA) is 81.9 Å². The molecule has 1 N–H and O–H groups in total. The highest BCUT2D eigenvalue weighted by molar-refractivity contribution is 6.00. The van der Waals surface area contributed by atoms with E-state index in [1.54, 1.807) is 0 Å². The molecule has 1 saturated heterocycles. The Labute approximate surface area is 190 Å². The maximum atomic E-state index is 13.6. The van der Waals surface area contributed by atoms with Crippen LogP contribution in [0.2, 0.25) is 0 Å². The smallest absolute Gasteiger partial charge is 0.369 e. The molecule has 0 aromatic carbocycles. The Balaban J connectivity index is 2.10. The first-order valence-electron chi connectivity index (χ1n) is 10.2. The minimum Gasteiger partial charge on any atom is -0.369 e. The third-order valence-corrected chi connectivity index (χ3v) is 5.26. The maximum Gasteiger partial charge on any atom is 0.497 e. The van der Waals surface area contributed by atoms with Crippen molar-refractivity contribution in [3.63, 3.8) is 0 Å². The highest BCUT2D eigenvalue weighted by Crippen LogP contribution is 2.34. The maximum absolute atomic E-state index is 13.6. The van der Waals surface area contributed by atoms with E-state index < -0.39 is 46.0 Å². The number of amides is 1. The lowest BCUT2D eigenvalue weighted by atomic mass is 9.86. The molecule has 0 aliphatic carbocycles. The van der Waals surface area contributed by atoms with Crippen molar-refractivity contribution in [1.82, 2.24) is 19.3 Å². The number of imidazole rings is 1. The van der Waals surface area contributed by atoms with E-state index in [0.717, 1.165) is 0 Å². The molecule has 1 amide bonds. The van der Waals surface area contributed by atoms with Gasteiger partial charge in [0.25, 0.3) is 5.91 Å². The summed E-state index contributed by atoms with van der Waals surface area (Å²) in [4.78, 5) is 33.6. The molecule has 0 spiro atoms. The summed E-state index contributed by atoms with van der Waals surface area (Å²) in [7, 11) is 0. The van der Waals surface area contributed by atoms with Crippen LogP contribution in [0.5, 0.6) is 0 Å². The lowest BCUT2D eigenvalue weighted by molar-refractivity contribution is -0.244. The highest BCUT2D eigenvalue weighted by atomic mass is 19.4. The lowest BCUT2D eigenvalue weighted by Gasteiger charge is -2.34. The molecule has 14 heteroatoms. The fraction of sp³-hybridized carbons (Fsp3) is 0.550. The second kappa shape index (κ2) is 8.73. The molecular weight excluding hydrogens is 474 g/mol. The Bertz CT molecular complexity index is 1050. The molecule has 2 aromatic rings. The van der Waals surface area contributed by atoms with E-state index in [1.807, 2.05) is 5.32 Å². The molecule has 1 aliphatic rings. The number of hydroxylamine groups is 2. The monoisotopic (exact) mass is 497 g/mol. The van der Waals surface area contributed by atoms with Crippen LogP contribution >= 0.6 is 0 Å². The van der Waals surface area contributed by atoms with E-state index in [2.05, 4.69) is 4.98 Å². The van der Waals surface area contributed by atoms with E-state index in [4.69, 9.17) is 9.57 Å². The molecule has 0 bridgehead atoms. The van der Waals surface area contributed by atoms with Gasteiger partial charge in [-0.15, -0.1) is 0 Å². The Morgan fingerprint density at radius 1 is 1.12 bits per heavy atom. The molecule has 3 heterocycles. The minimum atomic E-state index is -5.30. The SMILES string of the molecule is CC(C)(C)C(NC(=O)c1nc([N+]2(OC(=O)C(F)(F)F)CCOCC2)n2ccccc12)C(F)(F)F. The van der Waals surface area contributed by atoms with Crippen LogP contribution in [0.15, 0.2) is 24.4 Å². The molecule has 2 aromatic heterocycles. The number of carbonyl (C=O) groups excluding carboxylic acids is 2.